The molecule has 7 heteroatoms. The minimum atomic E-state index is -0.0873. The Bertz CT molecular complexity index is 676. The number of halogens is 2. The number of hydrogen-bond donors (Lipinski definition) is 1. The number of thiophene rings is 1. The van der Waals surface area contributed by atoms with Crippen molar-refractivity contribution in [3.8, 4) is 5.75 Å². The maximum atomic E-state index is 12.2. The van der Waals surface area contributed by atoms with E-state index < -0.39 is 0 Å². The molecular formula is C16H18Cl2N2O2S. The van der Waals surface area contributed by atoms with Crippen LogP contribution in [-0.2, 0) is 11.3 Å². The predicted octanol–water partition coefficient (Wildman–Crippen LogP) is 4.52. The highest BCUT2D eigenvalue weighted by atomic mass is 35.5. The van der Waals surface area contributed by atoms with Crippen molar-refractivity contribution in [1.29, 1.82) is 0 Å². The maximum Gasteiger partial charge on any atom is 0.238 e. The lowest BCUT2D eigenvalue weighted by molar-refractivity contribution is -0.117. The van der Waals surface area contributed by atoms with E-state index in [1.807, 2.05) is 24.0 Å². The number of carbonyl (C=O) groups excluding carboxylic acids is 1. The van der Waals surface area contributed by atoms with Crippen molar-refractivity contribution in [3.63, 3.8) is 0 Å². The number of nitrogens with zero attached hydrogens (tertiary/aromatic N) is 1. The van der Waals surface area contributed by atoms with Crippen molar-refractivity contribution in [2.45, 2.75) is 13.5 Å². The topological polar surface area (TPSA) is 41.6 Å². The van der Waals surface area contributed by atoms with E-state index in [-0.39, 0.29) is 5.91 Å². The summed E-state index contributed by atoms with van der Waals surface area (Å²) in [4.78, 5) is 15.4. The number of nitrogens with one attached hydrogen (secondary N) is 1. The van der Waals surface area contributed by atoms with Gasteiger partial charge in [-0.15, -0.1) is 11.3 Å². The van der Waals surface area contributed by atoms with Crippen LogP contribution in [0.15, 0.2) is 30.3 Å². The molecule has 0 aliphatic rings. The average molecular weight is 373 g/mol. The second kappa shape index (κ2) is 8.55. The lowest BCUT2D eigenvalue weighted by atomic mass is 10.3. The van der Waals surface area contributed by atoms with E-state index in [0.717, 1.165) is 15.8 Å². The Labute approximate surface area is 150 Å². The van der Waals surface area contributed by atoms with Gasteiger partial charge in [0.05, 0.1) is 23.0 Å². The normalized spacial score (nSPS) is 10.8. The molecule has 1 amide bonds. The average Bonchev–Trinajstić information content (AvgIpc) is 2.92. The summed E-state index contributed by atoms with van der Waals surface area (Å²) < 4.78 is 5.85. The smallest absolute Gasteiger partial charge is 0.238 e. The number of amides is 1. The monoisotopic (exact) mass is 372 g/mol. The second-order valence-corrected chi connectivity index (χ2v) is 7.11. The summed E-state index contributed by atoms with van der Waals surface area (Å²) in [6, 6.07) is 9.01. The SMILES string of the molecule is CCN(CC(=O)Nc1ccc(OC)c(Cl)c1)Cc1ccc(Cl)s1. The number of benzene rings is 1. The summed E-state index contributed by atoms with van der Waals surface area (Å²) in [7, 11) is 1.55. The molecule has 0 saturated carbocycles. The molecule has 124 valence electrons. The molecule has 0 saturated heterocycles. The van der Waals surface area contributed by atoms with Crippen LogP contribution in [0.2, 0.25) is 9.36 Å². The number of rotatable bonds is 7. The van der Waals surface area contributed by atoms with Gasteiger partial charge < -0.3 is 10.1 Å². The highest BCUT2D eigenvalue weighted by Crippen LogP contribution is 2.27. The zero-order chi connectivity index (χ0) is 16.8. The Morgan fingerprint density at radius 2 is 2.09 bits per heavy atom. The molecule has 0 unspecified atom stereocenters. The molecule has 0 bridgehead atoms. The lowest BCUT2D eigenvalue weighted by Crippen LogP contribution is -2.32. The van der Waals surface area contributed by atoms with E-state index in [1.165, 1.54) is 11.3 Å². The standard InChI is InChI=1S/C16H18Cl2N2O2S/c1-3-20(9-12-5-7-15(18)23-12)10-16(21)19-11-4-6-14(22-2)13(17)8-11/h4-8H,3,9-10H2,1-2H3,(H,19,21). The summed E-state index contributed by atoms with van der Waals surface area (Å²) in [5.74, 6) is 0.491. The fraction of sp³-hybridized carbons (Fsp3) is 0.312. The van der Waals surface area contributed by atoms with Gasteiger partial charge in [-0.25, -0.2) is 0 Å². The molecule has 0 aliphatic carbocycles. The third-order valence-electron chi connectivity index (χ3n) is 3.26. The van der Waals surface area contributed by atoms with Crippen molar-refractivity contribution >= 4 is 46.1 Å². The number of hydrogen-bond acceptors (Lipinski definition) is 4. The summed E-state index contributed by atoms with van der Waals surface area (Å²) in [5, 5.41) is 3.31. The number of methoxy groups -OCH3 is 1. The van der Waals surface area contributed by atoms with Crippen molar-refractivity contribution < 1.29 is 9.53 Å². The van der Waals surface area contributed by atoms with Gasteiger partial charge in [-0.1, -0.05) is 30.1 Å². The molecule has 2 rings (SSSR count). The van der Waals surface area contributed by atoms with Crippen LogP contribution < -0.4 is 10.1 Å². The van der Waals surface area contributed by atoms with Gasteiger partial charge in [-0.05, 0) is 36.9 Å². The fourth-order valence-corrected chi connectivity index (χ4v) is 3.47. The molecule has 1 aromatic heterocycles. The third kappa shape index (κ3) is 5.39. The van der Waals surface area contributed by atoms with Gasteiger partial charge in [0, 0.05) is 17.1 Å². The Balaban J connectivity index is 1.93. The Morgan fingerprint density at radius 3 is 2.65 bits per heavy atom. The highest BCUT2D eigenvalue weighted by molar-refractivity contribution is 7.16. The molecule has 0 fully saturated rings. The molecule has 1 heterocycles. The first kappa shape index (κ1) is 18.1. The largest absolute Gasteiger partial charge is 0.495 e. The van der Waals surface area contributed by atoms with Crippen molar-refractivity contribution in [2.75, 3.05) is 25.5 Å². The number of ether oxygens (including phenoxy) is 1. The minimum Gasteiger partial charge on any atom is -0.495 e. The van der Waals surface area contributed by atoms with Crippen LogP contribution in [0.5, 0.6) is 5.75 Å². The van der Waals surface area contributed by atoms with Gasteiger partial charge in [0.2, 0.25) is 5.91 Å². The number of likely N-dealkylation sites (N-methyl/N-ethyl adjacent to an activating group) is 1. The van der Waals surface area contributed by atoms with E-state index in [1.54, 1.807) is 25.3 Å². The summed E-state index contributed by atoms with van der Waals surface area (Å²) in [6.07, 6.45) is 0. The summed E-state index contributed by atoms with van der Waals surface area (Å²) >= 11 is 13.5. The van der Waals surface area contributed by atoms with Gasteiger partial charge in [0.15, 0.2) is 0 Å². The van der Waals surface area contributed by atoms with Crippen LogP contribution in [0.3, 0.4) is 0 Å². The lowest BCUT2D eigenvalue weighted by Gasteiger charge is -2.19. The van der Waals surface area contributed by atoms with E-state index in [2.05, 4.69) is 5.32 Å². The zero-order valence-corrected chi connectivity index (χ0v) is 15.3. The minimum absolute atomic E-state index is 0.0873. The van der Waals surface area contributed by atoms with Crippen molar-refractivity contribution in [1.82, 2.24) is 4.90 Å². The molecule has 1 aromatic carbocycles. The van der Waals surface area contributed by atoms with E-state index in [4.69, 9.17) is 27.9 Å². The van der Waals surface area contributed by atoms with E-state index >= 15 is 0 Å². The first-order chi connectivity index (χ1) is 11.0. The van der Waals surface area contributed by atoms with Crippen LogP contribution in [-0.4, -0.2) is 31.0 Å². The van der Waals surface area contributed by atoms with Crippen LogP contribution in [0, 0.1) is 0 Å². The van der Waals surface area contributed by atoms with E-state index in [9.17, 15) is 4.79 Å². The third-order valence-corrected chi connectivity index (χ3v) is 4.77. The van der Waals surface area contributed by atoms with Crippen LogP contribution in [0.4, 0.5) is 5.69 Å². The maximum absolute atomic E-state index is 12.2. The van der Waals surface area contributed by atoms with Crippen LogP contribution >= 0.6 is 34.5 Å². The first-order valence-corrected chi connectivity index (χ1v) is 8.69. The van der Waals surface area contributed by atoms with Gasteiger partial charge in [0.25, 0.3) is 0 Å². The van der Waals surface area contributed by atoms with Crippen molar-refractivity contribution in [2.24, 2.45) is 0 Å². The molecule has 0 aliphatic heterocycles. The number of anilines is 1. The number of carbonyl (C=O) groups is 1. The van der Waals surface area contributed by atoms with Crippen molar-refractivity contribution in [3.05, 3.63) is 44.6 Å². The van der Waals surface area contributed by atoms with Gasteiger partial charge in [0.1, 0.15) is 5.75 Å². The molecule has 2 aromatic rings. The van der Waals surface area contributed by atoms with Gasteiger partial charge in [-0.2, -0.15) is 0 Å². The van der Waals surface area contributed by atoms with Crippen LogP contribution in [0.1, 0.15) is 11.8 Å². The molecule has 23 heavy (non-hydrogen) atoms. The molecule has 0 atom stereocenters. The second-order valence-electron chi connectivity index (χ2n) is 4.91. The molecule has 4 nitrogen and oxygen atoms in total. The quantitative estimate of drug-likeness (QED) is 0.776. The predicted molar refractivity (Wildman–Crippen MR) is 96.9 cm³/mol. The zero-order valence-electron chi connectivity index (χ0n) is 12.9. The molecule has 0 spiro atoms. The Hall–Kier alpha value is -1.27. The van der Waals surface area contributed by atoms with Gasteiger partial charge >= 0.3 is 0 Å². The molecular weight excluding hydrogens is 355 g/mol. The van der Waals surface area contributed by atoms with E-state index in [0.29, 0.717) is 29.5 Å². The first-order valence-electron chi connectivity index (χ1n) is 7.11. The van der Waals surface area contributed by atoms with Gasteiger partial charge in [-0.3, -0.25) is 9.69 Å². The van der Waals surface area contributed by atoms with Crippen LogP contribution in [0.25, 0.3) is 0 Å². The Morgan fingerprint density at radius 1 is 1.30 bits per heavy atom. The highest BCUT2D eigenvalue weighted by Gasteiger charge is 2.12. The molecule has 0 radical (unpaired) electrons. The summed E-state index contributed by atoms with van der Waals surface area (Å²) in [5.41, 5.74) is 0.649. The summed E-state index contributed by atoms with van der Waals surface area (Å²) in [6.45, 7) is 3.79. The molecule has 1 N–H and O–H groups in total. The Kier molecular flexibility index (Phi) is 6.72. The fourth-order valence-electron chi connectivity index (χ4n) is 2.08.